The number of aromatic amines is 1. The number of aromatic nitrogens is 3. The SMILES string of the molecule is COc1ccnc(-c2[nH]ncc2N)c1. The molecule has 0 aliphatic carbocycles. The molecule has 0 aliphatic heterocycles. The largest absolute Gasteiger partial charge is 0.497 e. The number of nitrogens with two attached hydrogens (primary N) is 1. The van der Waals surface area contributed by atoms with E-state index >= 15 is 0 Å². The number of pyridine rings is 1. The summed E-state index contributed by atoms with van der Waals surface area (Å²) in [6.07, 6.45) is 3.21. The number of nitrogen functional groups attached to an aromatic ring is 1. The van der Waals surface area contributed by atoms with Crippen molar-refractivity contribution >= 4 is 5.69 Å². The molecule has 2 rings (SSSR count). The maximum atomic E-state index is 5.69. The first kappa shape index (κ1) is 8.55. The van der Waals surface area contributed by atoms with Gasteiger partial charge in [-0.15, -0.1) is 0 Å². The summed E-state index contributed by atoms with van der Waals surface area (Å²) in [7, 11) is 1.61. The van der Waals surface area contributed by atoms with Crippen LogP contribution in [0.2, 0.25) is 0 Å². The van der Waals surface area contributed by atoms with E-state index in [9.17, 15) is 0 Å². The fourth-order valence-corrected chi connectivity index (χ4v) is 1.18. The van der Waals surface area contributed by atoms with Crippen molar-refractivity contribution in [2.75, 3.05) is 12.8 Å². The van der Waals surface area contributed by atoms with Crippen molar-refractivity contribution in [1.82, 2.24) is 15.2 Å². The normalized spacial score (nSPS) is 10.1. The number of hydrogen-bond donors (Lipinski definition) is 2. The van der Waals surface area contributed by atoms with E-state index in [0.717, 1.165) is 11.4 Å². The molecule has 2 aromatic heterocycles. The molecule has 0 saturated carbocycles. The lowest BCUT2D eigenvalue weighted by atomic mass is 10.2. The molecular formula is C9H10N4O. The van der Waals surface area contributed by atoms with E-state index in [4.69, 9.17) is 10.5 Å². The van der Waals surface area contributed by atoms with Crippen LogP contribution in [0.5, 0.6) is 5.75 Å². The van der Waals surface area contributed by atoms with Gasteiger partial charge in [0, 0.05) is 12.3 Å². The predicted octanol–water partition coefficient (Wildman–Crippen LogP) is 1.06. The molecule has 0 aliphatic rings. The maximum absolute atomic E-state index is 5.69. The monoisotopic (exact) mass is 190 g/mol. The zero-order valence-electron chi connectivity index (χ0n) is 7.69. The van der Waals surface area contributed by atoms with Crippen molar-refractivity contribution in [1.29, 1.82) is 0 Å². The summed E-state index contributed by atoms with van der Waals surface area (Å²) in [6, 6.07) is 3.57. The fraction of sp³-hybridized carbons (Fsp3) is 0.111. The Morgan fingerprint density at radius 2 is 2.36 bits per heavy atom. The van der Waals surface area contributed by atoms with Gasteiger partial charge in [0.05, 0.1) is 24.7 Å². The van der Waals surface area contributed by atoms with Crippen LogP contribution in [0.1, 0.15) is 0 Å². The van der Waals surface area contributed by atoms with Crippen LogP contribution in [0.15, 0.2) is 24.5 Å². The van der Waals surface area contributed by atoms with E-state index in [1.165, 1.54) is 0 Å². The van der Waals surface area contributed by atoms with Crippen LogP contribution in [0.25, 0.3) is 11.4 Å². The second-order valence-electron chi connectivity index (χ2n) is 2.78. The smallest absolute Gasteiger partial charge is 0.122 e. The molecule has 0 aromatic carbocycles. The summed E-state index contributed by atoms with van der Waals surface area (Å²) >= 11 is 0. The summed E-state index contributed by atoms with van der Waals surface area (Å²) in [5, 5.41) is 6.60. The molecule has 3 N–H and O–H groups in total. The van der Waals surface area contributed by atoms with Crippen molar-refractivity contribution < 1.29 is 4.74 Å². The Morgan fingerprint density at radius 3 is 3.00 bits per heavy atom. The van der Waals surface area contributed by atoms with Crippen molar-refractivity contribution in [3.8, 4) is 17.1 Å². The highest BCUT2D eigenvalue weighted by Crippen LogP contribution is 2.23. The highest BCUT2D eigenvalue weighted by Gasteiger charge is 2.06. The molecule has 2 aromatic rings. The molecule has 0 radical (unpaired) electrons. The number of anilines is 1. The van der Waals surface area contributed by atoms with Crippen LogP contribution in [0.4, 0.5) is 5.69 Å². The number of rotatable bonds is 2. The average molecular weight is 190 g/mol. The molecule has 0 amide bonds. The highest BCUT2D eigenvalue weighted by atomic mass is 16.5. The van der Waals surface area contributed by atoms with Crippen molar-refractivity contribution in [2.45, 2.75) is 0 Å². The topological polar surface area (TPSA) is 76.8 Å². The molecule has 5 heteroatoms. The number of hydrogen-bond acceptors (Lipinski definition) is 4. The van der Waals surface area contributed by atoms with Gasteiger partial charge < -0.3 is 10.5 Å². The highest BCUT2D eigenvalue weighted by molar-refractivity contribution is 5.69. The Hall–Kier alpha value is -2.04. The summed E-state index contributed by atoms with van der Waals surface area (Å²) < 4.78 is 5.08. The third kappa shape index (κ3) is 1.39. The van der Waals surface area contributed by atoms with E-state index in [0.29, 0.717) is 11.4 Å². The van der Waals surface area contributed by atoms with Gasteiger partial charge in [-0.3, -0.25) is 10.1 Å². The van der Waals surface area contributed by atoms with E-state index in [1.54, 1.807) is 31.6 Å². The Balaban J connectivity index is 2.47. The molecule has 72 valence electrons. The van der Waals surface area contributed by atoms with Gasteiger partial charge in [0.2, 0.25) is 0 Å². The van der Waals surface area contributed by atoms with Gasteiger partial charge in [-0.05, 0) is 6.07 Å². The minimum absolute atomic E-state index is 0.575. The van der Waals surface area contributed by atoms with E-state index in [1.807, 2.05) is 0 Å². The lowest BCUT2D eigenvalue weighted by Gasteiger charge is -2.01. The Labute approximate surface area is 80.9 Å². The third-order valence-corrected chi connectivity index (χ3v) is 1.89. The van der Waals surface area contributed by atoms with Crippen molar-refractivity contribution in [3.05, 3.63) is 24.5 Å². The second-order valence-corrected chi connectivity index (χ2v) is 2.78. The number of ether oxygens (including phenoxy) is 1. The number of nitrogens with one attached hydrogen (secondary N) is 1. The molecule has 0 bridgehead atoms. The summed E-state index contributed by atoms with van der Waals surface area (Å²) in [5.41, 5.74) is 7.70. The summed E-state index contributed by atoms with van der Waals surface area (Å²) in [4.78, 5) is 4.16. The molecule has 5 nitrogen and oxygen atoms in total. The standard InChI is InChI=1S/C9H10N4O/c1-14-6-2-3-11-8(4-6)9-7(10)5-12-13-9/h2-5H,10H2,1H3,(H,12,13). The average Bonchev–Trinajstić information content (AvgIpc) is 2.65. The number of methoxy groups -OCH3 is 1. The van der Waals surface area contributed by atoms with Gasteiger partial charge in [0.25, 0.3) is 0 Å². The zero-order valence-corrected chi connectivity index (χ0v) is 7.69. The van der Waals surface area contributed by atoms with Crippen molar-refractivity contribution in [2.24, 2.45) is 0 Å². The second kappa shape index (κ2) is 3.37. The van der Waals surface area contributed by atoms with E-state index in [-0.39, 0.29) is 0 Å². The molecular weight excluding hydrogens is 180 g/mol. The van der Waals surface area contributed by atoms with Crippen LogP contribution < -0.4 is 10.5 Å². The van der Waals surface area contributed by atoms with Gasteiger partial charge in [-0.1, -0.05) is 0 Å². The summed E-state index contributed by atoms with van der Waals surface area (Å²) in [6.45, 7) is 0. The van der Waals surface area contributed by atoms with Gasteiger partial charge >= 0.3 is 0 Å². The molecule has 14 heavy (non-hydrogen) atoms. The zero-order chi connectivity index (χ0) is 9.97. The fourth-order valence-electron chi connectivity index (χ4n) is 1.18. The molecule has 0 spiro atoms. The predicted molar refractivity (Wildman–Crippen MR) is 52.8 cm³/mol. The van der Waals surface area contributed by atoms with Crippen LogP contribution in [-0.4, -0.2) is 22.3 Å². The molecule has 0 atom stereocenters. The van der Waals surface area contributed by atoms with Gasteiger partial charge in [0.15, 0.2) is 0 Å². The van der Waals surface area contributed by atoms with Crippen LogP contribution in [0.3, 0.4) is 0 Å². The van der Waals surface area contributed by atoms with E-state index < -0.39 is 0 Å². The number of nitrogens with zero attached hydrogens (tertiary/aromatic N) is 2. The van der Waals surface area contributed by atoms with Crippen LogP contribution in [-0.2, 0) is 0 Å². The first-order chi connectivity index (χ1) is 6.81. The summed E-state index contributed by atoms with van der Waals surface area (Å²) in [5.74, 6) is 0.740. The van der Waals surface area contributed by atoms with Gasteiger partial charge in [-0.2, -0.15) is 5.10 Å². The molecule has 0 saturated heterocycles. The quantitative estimate of drug-likeness (QED) is 0.742. The Kier molecular flexibility index (Phi) is 2.06. The maximum Gasteiger partial charge on any atom is 0.122 e. The third-order valence-electron chi connectivity index (χ3n) is 1.89. The molecule has 0 fully saturated rings. The van der Waals surface area contributed by atoms with Gasteiger partial charge in [-0.25, -0.2) is 0 Å². The lowest BCUT2D eigenvalue weighted by molar-refractivity contribution is 0.414. The molecule has 2 heterocycles. The minimum atomic E-state index is 0.575. The van der Waals surface area contributed by atoms with E-state index in [2.05, 4.69) is 15.2 Å². The van der Waals surface area contributed by atoms with Crippen molar-refractivity contribution in [3.63, 3.8) is 0 Å². The van der Waals surface area contributed by atoms with Gasteiger partial charge in [0.1, 0.15) is 11.4 Å². The number of H-pyrrole nitrogens is 1. The first-order valence-electron chi connectivity index (χ1n) is 4.10. The van der Waals surface area contributed by atoms with Crippen LogP contribution in [0, 0.1) is 0 Å². The lowest BCUT2D eigenvalue weighted by Crippen LogP contribution is -1.90. The minimum Gasteiger partial charge on any atom is -0.497 e. The Bertz CT molecular complexity index is 438. The first-order valence-corrected chi connectivity index (χ1v) is 4.10. The van der Waals surface area contributed by atoms with Crippen LogP contribution >= 0.6 is 0 Å². The molecule has 0 unspecified atom stereocenters. The Morgan fingerprint density at radius 1 is 1.50 bits per heavy atom.